The minimum Gasteiger partial charge on any atom is -0.508 e. The van der Waals surface area contributed by atoms with Crippen LogP contribution in [0.4, 0.5) is 0 Å². The molecule has 2 N–H and O–H groups in total. The monoisotopic (exact) mass is 251 g/mol. The molecule has 1 atom stereocenters. The highest BCUT2D eigenvalue weighted by Gasteiger charge is 2.11. The molecule has 0 aliphatic carbocycles. The summed E-state index contributed by atoms with van der Waals surface area (Å²) in [6, 6.07) is 7.59. The minimum absolute atomic E-state index is 0.377. The smallest absolute Gasteiger partial charge is 0.115 e. The van der Waals surface area contributed by atoms with E-state index in [1.54, 1.807) is 6.07 Å². The highest BCUT2D eigenvalue weighted by Crippen LogP contribution is 2.23. The topological polar surface area (TPSA) is 32.3 Å². The van der Waals surface area contributed by atoms with Crippen molar-refractivity contribution in [2.75, 3.05) is 18.8 Å². The van der Waals surface area contributed by atoms with Crippen molar-refractivity contribution in [1.82, 2.24) is 5.32 Å². The van der Waals surface area contributed by atoms with Gasteiger partial charge in [-0.3, -0.25) is 0 Å². The highest BCUT2D eigenvalue weighted by atomic mass is 32.2. The summed E-state index contributed by atoms with van der Waals surface area (Å²) in [5.41, 5.74) is 1.22. The van der Waals surface area contributed by atoms with Gasteiger partial charge in [0.25, 0.3) is 0 Å². The SMILES string of the molecule is Oc1cccc(CSCC2CCCNCC2)c1. The molecule has 0 aromatic heterocycles. The summed E-state index contributed by atoms with van der Waals surface area (Å²) in [5.74, 6) is 3.50. The Morgan fingerprint density at radius 1 is 1.29 bits per heavy atom. The summed E-state index contributed by atoms with van der Waals surface area (Å²) >= 11 is 1.99. The third-order valence-corrected chi connectivity index (χ3v) is 4.47. The first kappa shape index (κ1) is 12.8. The van der Waals surface area contributed by atoms with E-state index in [2.05, 4.69) is 11.4 Å². The Balaban J connectivity index is 1.71. The van der Waals surface area contributed by atoms with Crippen LogP contribution in [0.15, 0.2) is 24.3 Å². The predicted octanol–water partition coefficient (Wildman–Crippen LogP) is 3.02. The maximum absolute atomic E-state index is 9.38. The molecule has 1 unspecified atom stereocenters. The molecule has 2 rings (SSSR count). The normalized spacial score (nSPS) is 21.1. The zero-order valence-electron chi connectivity index (χ0n) is 10.2. The van der Waals surface area contributed by atoms with E-state index in [1.165, 1.54) is 43.7 Å². The number of nitrogens with one attached hydrogen (secondary N) is 1. The number of phenols is 1. The van der Waals surface area contributed by atoms with Crippen LogP contribution in [-0.2, 0) is 5.75 Å². The first-order valence-corrected chi connectivity index (χ1v) is 7.56. The van der Waals surface area contributed by atoms with Gasteiger partial charge in [0, 0.05) is 5.75 Å². The maximum atomic E-state index is 9.38. The van der Waals surface area contributed by atoms with Crippen molar-refractivity contribution in [3.8, 4) is 5.75 Å². The van der Waals surface area contributed by atoms with Crippen LogP contribution in [0.2, 0.25) is 0 Å². The molecule has 1 saturated heterocycles. The van der Waals surface area contributed by atoms with Gasteiger partial charge in [-0.2, -0.15) is 11.8 Å². The Kier molecular flexibility index (Phi) is 5.20. The van der Waals surface area contributed by atoms with E-state index in [-0.39, 0.29) is 0 Å². The number of thioether (sulfide) groups is 1. The van der Waals surface area contributed by atoms with E-state index in [0.717, 1.165) is 11.7 Å². The van der Waals surface area contributed by atoms with E-state index in [9.17, 15) is 5.11 Å². The molecule has 1 aromatic carbocycles. The number of aromatic hydroxyl groups is 1. The fourth-order valence-corrected chi connectivity index (χ4v) is 3.45. The predicted molar refractivity (Wildman–Crippen MR) is 74.5 cm³/mol. The van der Waals surface area contributed by atoms with Crippen molar-refractivity contribution >= 4 is 11.8 Å². The van der Waals surface area contributed by atoms with Crippen molar-refractivity contribution in [2.24, 2.45) is 5.92 Å². The van der Waals surface area contributed by atoms with Crippen LogP contribution >= 0.6 is 11.8 Å². The fourth-order valence-electron chi connectivity index (χ4n) is 2.25. The molecular weight excluding hydrogens is 230 g/mol. The largest absolute Gasteiger partial charge is 0.508 e. The van der Waals surface area contributed by atoms with Gasteiger partial charge in [-0.1, -0.05) is 12.1 Å². The van der Waals surface area contributed by atoms with Crippen LogP contribution in [0.1, 0.15) is 24.8 Å². The zero-order valence-corrected chi connectivity index (χ0v) is 11.0. The second-order valence-corrected chi connectivity index (χ2v) is 5.76. The first-order valence-electron chi connectivity index (χ1n) is 6.41. The number of rotatable bonds is 4. The van der Waals surface area contributed by atoms with Crippen LogP contribution in [0, 0.1) is 5.92 Å². The van der Waals surface area contributed by atoms with Crippen molar-refractivity contribution in [2.45, 2.75) is 25.0 Å². The maximum Gasteiger partial charge on any atom is 0.115 e. The molecule has 1 aliphatic heterocycles. The van der Waals surface area contributed by atoms with E-state index in [0.29, 0.717) is 5.75 Å². The quantitative estimate of drug-likeness (QED) is 0.863. The highest BCUT2D eigenvalue weighted by molar-refractivity contribution is 7.98. The Labute approximate surface area is 108 Å². The van der Waals surface area contributed by atoms with Crippen LogP contribution in [-0.4, -0.2) is 23.9 Å². The molecule has 1 fully saturated rings. The molecule has 3 heteroatoms. The van der Waals surface area contributed by atoms with Gasteiger partial charge in [0.05, 0.1) is 0 Å². The van der Waals surface area contributed by atoms with E-state index in [4.69, 9.17) is 0 Å². The summed E-state index contributed by atoms with van der Waals surface area (Å²) in [4.78, 5) is 0. The Morgan fingerprint density at radius 3 is 3.12 bits per heavy atom. The average molecular weight is 251 g/mol. The molecule has 0 amide bonds. The summed E-state index contributed by atoms with van der Waals surface area (Å²) < 4.78 is 0. The van der Waals surface area contributed by atoms with Gasteiger partial charge in [0.2, 0.25) is 0 Å². The molecule has 0 saturated carbocycles. The summed E-state index contributed by atoms with van der Waals surface area (Å²) in [6.45, 7) is 2.37. The number of hydrogen-bond donors (Lipinski definition) is 2. The Bertz CT molecular complexity index is 335. The Morgan fingerprint density at radius 2 is 2.24 bits per heavy atom. The molecule has 0 radical (unpaired) electrons. The molecule has 0 spiro atoms. The van der Waals surface area contributed by atoms with Crippen LogP contribution in [0.3, 0.4) is 0 Å². The number of hydrogen-bond acceptors (Lipinski definition) is 3. The van der Waals surface area contributed by atoms with E-state index >= 15 is 0 Å². The number of benzene rings is 1. The van der Waals surface area contributed by atoms with Gasteiger partial charge in [-0.25, -0.2) is 0 Å². The second-order valence-electron chi connectivity index (χ2n) is 4.73. The number of phenolic OH excluding ortho intramolecular Hbond substituents is 1. The standard InChI is InChI=1S/C14H21NOS/c16-14-5-1-3-13(9-14)11-17-10-12-4-2-7-15-8-6-12/h1,3,5,9,12,15-16H,2,4,6-8,10-11H2. The molecule has 1 aliphatic rings. The van der Waals surface area contributed by atoms with Gasteiger partial charge >= 0.3 is 0 Å². The van der Waals surface area contributed by atoms with Crippen molar-refractivity contribution < 1.29 is 5.11 Å². The lowest BCUT2D eigenvalue weighted by molar-refractivity contribution is 0.475. The lowest BCUT2D eigenvalue weighted by atomic mass is 10.0. The molecule has 1 heterocycles. The van der Waals surface area contributed by atoms with Crippen molar-refractivity contribution in [3.05, 3.63) is 29.8 Å². The average Bonchev–Trinajstić information content (AvgIpc) is 2.58. The van der Waals surface area contributed by atoms with Gasteiger partial charge in [0.1, 0.15) is 5.75 Å². The van der Waals surface area contributed by atoms with Gasteiger partial charge in [0.15, 0.2) is 0 Å². The summed E-state index contributed by atoms with van der Waals surface area (Å²) in [6.07, 6.45) is 3.99. The molecule has 2 nitrogen and oxygen atoms in total. The molecule has 0 bridgehead atoms. The van der Waals surface area contributed by atoms with Crippen LogP contribution in [0.5, 0.6) is 5.75 Å². The van der Waals surface area contributed by atoms with Crippen LogP contribution in [0.25, 0.3) is 0 Å². The lowest BCUT2D eigenvalue weighted by Gasteiger charge is -2.12. The Hall–Kier alpha value is -0.670. The van der Waals surface area contributed by atoms with Gasteiger partial charge in [-0.05, 0) is 61.7 Å². The van der Waals surface area contributed by atoms with Crippen molar-refractivity contribution in [1.29, 1.82) is 0 Å². The van der Waals surface area contributed by atoms with Gasteiger partial charge in [-0.15, -0.1) is 0 Å². The summed E-state index contributed by atoms with van der Waals surface area (Å²) in [7, 11) is 0. The van der Waals surface area contributed by atoms with Crippen LogP contribution < -0.4 is 5.32 Å². The second kappa shape index (κ2) is 6.92. The molecule has 1 aromatic rings. The fraction of sp³-hybridized carbons (Fsp3) is 0.571. The molecular formula is C14H21NOS. The lowest BCUT2D eigenvalue weighted by Crippen LogP contribution is -2.14. The minimum atomic E-state index is 0.377. The third-order valence-electron chi connectivity index (χ3n) is 3.23. The third kappa shape index (κ3) is 4.60. The molecule has 94 valence electrons. The molecule has 17 heavy (non-hydrogen) atoms. The zero-order chi connectivity index (χ0) is 11.9. The van der Waals surface area contributed by atoms with Crippen molar-refractivity contribution in [3.63, 3.8) is 0 Å². The first-order chi connectivity index (χ1) is 8.34. The van der Waals surface area contributed by atoms with Gasteiger partial charge < -0.3 is 10.4 Å². The summed E-state index contributed by atoms with van der Waals surface area (Å²) in [5, 5.41) is 12.8. The van der Waals surface area contributed by atoms with E-state index in [1.807, 2.05) is 23.9 Å². The van der Waals surface area contributed by atoms with E-state index < -0.39 is 0 Å².